The molecule has 1 aliphatic carbocycles. The maximum absolute atomic E-state index is 12.0. The Labute approximate surface area is 114 Å². The highest BCUT2D eigenvalue weighted by molar-refractivity contribution is 5.76. The van der Waals surface area contributed by atoms with Crippen molar-refractivity contribution in [2.24, 2.45) is 0 Å². The topological polar surface area (TPSA) is 51.0 Å². The van der Waals surface area contributed by atoms with Crippen LogP contribution in [0.4, 0.5) is 0 Å². The van der Waals surface area contributed by atoms with Crippen molar-refractivity contribution in [2.45, 2.75) is 57.4 Å². The lowest BCUT2D eigenvalue weighted by Gasteiger charge is -2.16. The highest BCUT2D eigenvalue weighted by atomic mass is 16.2. The molecule has 1 aromatic heterocycles. The van der Waals surface area contributed by atoms with Gasteiger partial charge >= 0.3 is 0 Å². The quantitative estimate of drug-likeness (QED) is 0.816. The van der Waals surface area contributed by atoms with Gasteiger partial charge in [0.2, 0.25) is 5.91 Å². The van der Waals surface area contributed by atoms with Crippen molar-refractivity contribution in [3.05, 3.63) is 11.9 Å². The molecule has 1 saturated carbocycles. The molecule has 1 atom stereocenters. The van der Waals surface area contributed by atoms with E-state index in [0.29, 0.717) is 24.3 Å². The molecular weight excluding hydrogens is 240 g/mol. The minimum Gasteiger partial charge on any atom is -0.340 e. The van der Waals surface area contributed by atoms with Crippen LogP contribution in [0.3, 0.4) is 0 Å². The number of aromatic nitrogens is 3. The lowest BCUT2D eigenvalue weighted by atomic mass is 10.2. The van der Waals surface area contributed by atoms with Gasteiger partial charge in [0.25, 0.3) is 0 Å². The third-order valence-electron chi connectivity index (χ3n) is 4.16. The second-order valence-corrected chi connectivity index (χ2v) is 5.78. The minimum absolute atomic E-state index is 0.298. The molecule has 0 N–H and O–H groups in total. The number of rotatable bonds is 5. The first kappa shape index (κ1) is 12.6. The largest absolute Gasteiger partial charge is 0.340 e. The Morgan fingerprint density at radius 2 is 2.26 bits per heavy atom. The molecule has 1 aromatic rings. The van der Waals surface area contributed by atoms with Crippen LogP contribution >= 0.6 is 0 Å². The summed E-state index contributed by atoms with van der Waals surface area (Å²) in [6.45, 7) is 3.79. The Hall–Kier alpha value is -1.39. The summed E-state index contributed by atoms with van der Waals surface area (Å²) in [4.78, 5) is 14.0. The molecule has 3 rings (SSSR count). The third kappa shape index (κ3) is 2.80. The summed E-state index contributed by atoms with van der Waals surface area (Å²) in [5.41, 5.74) is 1.13. The zero-order valence-corrected chi connectivity index (χ0v) is 11.6. The average Bonchev–Trinajstić information content (AvgIpc) is 2.96. The number of hydrogen-bond acceptors (Lipinski definition) is 3. The molecular formula is C14H22N4O. The third-order valence-corrected chi connectivity index (χ3v) is 4.16. The van der Waals surface area contributed by atoms with Gasteiger partial charge in [0.1, 0.15) is 0 Å². The highest BCUT2D eigenvalue weighted by Crippen LogP contribution is 2.39. The number of nitrogens with zero attached hydrogens (tertiary/aromatic N) is 4. The van der Waals surface area contributed by atoms with E-state index in [1.807, 2.05) is 9.58 Å². The fraction of sp³-hybridized carbons (Fsp3) is 0.786. The predicted octanol–water partition coefficient (Wildman–Crippen LogP) is 2.12. The first-order chi connectivity index (χ1) is 9.28. The Morgan fingerprint density at radius 1 is 1.42 bits per heavy atom. The van der Waals surface area contributed by atoms with Gasteiger partial charge in [0.15, 0.2) is 0 Å². The van der Waals surface area contributed by atoms with Crippen molar-refractivity contribution in [2.75, 3.05) is 13.1 Å². The Kier molecular flexibility index (Phi) is 3.53. The van der Waals surface area contributed by atoms with Crippen LogP contribution in [0.5, 0.6) is 0 Å². The smallest absolute Gasteiger partial charge is 0.222 e. The van der Waals surface area contributed by atoms with Crippen molar-refractivity contribution in [3.63, 3.8) is 0 Å². The highest BCUT2D eigenvalue weighted by Gasteiger charge is 2.30. The van der Waals surface area contributed by atoms with Crippen LogP contribution < -0.4 is 0 Å². The minimum atomic E-state index is 0.298. The van der Waals surface area contributed by atoms with Crippen molar-refractivity contribution in [3.8, 4) is 0 Å². The van der Waals surface area contributed by atoms with E-state index in [1.54, 1.807) is 0 Å². The maximum Gasteiger partial charge on any atom is 0.222 e. The average molecular weight is 262 g/mol. The lowest BCUT2D eigenvalue weighted by Crippen LogP contribution is -2.28. The summed E-state index contributed by atoms with van der Waals surface area (Å²) in [6, 6.07) is 0.325. The van der Waals surface area contributed by atoms with E-state index < -0.39 is 0 Å². The van der Waals surface area contributed by atoms with Gasteiger partial charge in [0.05, 0.1) is 11.7 Å². The van der Waals surface area contributed by atoms with Gasteiger partial charge in [0, 0.05) is 31.6 Å². The van der Waals surface area contributed by atoms with Crippen LogP contribution in [-0.2, 0) is 4.79 Å². The molecule has 19 heavy (non-hydrogen) atoms. The number of carbonyl (C=O) groups excluding carboxylic acids is 1. The molecule has 5 heteroatoms. The van der Waals surface area contributed by atoms with Crippen LogP contribution in [0.25, 0.3) is 0 Å². The number of amides is 1. The van der Waals surface area contributed by atoms with Gasteiger partial charge in [-0.1, -0.05) is 18.6 Å². The summed E-state index contributed by atoms with van der Waals surface area (Å²) in [5, 5.41) is 8.50. The van der Waals surface area contributed by atoms with Gasteiger partial charge in [-0.3, -0.25) is 4.79 Å². The monoisotopic (exact) mass is 262 g/mol. The molecule has 1 amide bonds. The molecule has 104 valence electrons. The van der Waals surface area contributed by atoms with Gasteiger partial charge in [-0.05, 0) is 25.7 Å². The van der Waals surface area contributed by atoms with Crippen molar-refractivity contribution >= 4 is 5.91 Å². The van der Waals surface area contributed by atoms with Crippen LogP contribution in [-0.4, -0.2) is 38.9 Å². The maximum atomic E-state index is 12.0. The summed E-state index contributed by atoms with van der Waals surface area (Å²) < 4.78 is 1.97. The van der Waals surface area contributed by atoms with E-state index >= 15 is 0 Å². The molecule has 2 fully saturated rings. The van der Waals surface area contributed by atoms with E-state index in [4.69, 9.17) is 0 Å². The van der Waals surface area contributed by atoms with Gasteiger partial charge in [-0.25, -0.2) is 4.68 Å². The molecule has 5 nitrogen and oxygen atoms in total. The summed E-state index contributed by atoms with van der Waals surface area (Å²) in [5.74, 6) is 0.948. The first-order valence-electron chi connectivity index (χ1n) is 7.47. The number of likely N-dealkylation sites (tertiary alicyclic amines) is 1. The van der Waals surface area contributed by atoms with E-state index in [-0.39, 0.29) is 0 Å². The van der Waals surface area contributed by atoms with E-state index in [1.165, 1.54) is 12.8 Å². The van der Waals surface area contributed by atoms with E-state index in [0.717, 1.165) is 38.0 Å². The normalized spacial score (nSPS) is 23.0. The van der Waals surface area contributed by atoms with Crippen molar-refractivity contribution < 1.29 is 4.79 Å². The zero-order valence-electron chi connectivity index (χ0n) is 11.6. The fourth-order valence-corrected chi connectivity index (χ4v) is 2.71. The second kappa shape index (κ2) is 5.31. The fourth-order valence-electron chi connectivity index (χ4n) is 2.71. The van der Waals surface area contributed by atoms with Gasteiger partial charge in [-0.15, -0.1) is 5.10 Å². The number of hydrogen-bond donors (Lipinski definition) is 0. The molecule has 0 aromatic carbocycles. The molecule has 2 heterocycles. The summed E-state index contributed by atoms with van der Waals surface area (Å²) >= 11 is 0. The van der Waals surface area contributed by atoms with E-state index in [2.05, 4.69) is 23.4 Å². The van der Waals surface area contributed by atoms with Gasteiger partial charge in [-0.2, -0.15) is 0 Å². The molecule has 1 saturated heterocycles. The molecule has 1 unspecified atom stereocenters. The van der Waals surface area contributed by atoms with Crippen LogP contribution in [0.15, 0.2) is 6.20 Å². The second-order valence-electron chi connectivity index (χ2n) is 5.78. The number of carbonyl (C=O) groups is 1. The SMILES string of the molecule is CCCCC(=O)N1CCC(n2cc(C3CC3)nn2)C1. The van der Waals surface area contributed by atoms with Gasteiger partial charge < -0.3 is 4.90 Å². The first-order valence-corrected chi connectivity index (χ1v) is 7.47. The van der Waals surface area contributed by atoms with E-state index in [9.17, 15) is 4.79 Å². The van der Waals surface area contributed by atoms with Crippen molar-refractivity contribution in [1.82, 2.24) is 19.9 Å². The summed E-state index contributed by atoms with van der Waals surface area (Å²) in [7, 11) is 0. The van der Waals surface area contributed by atoms with Crippen molar-refractivity contribution in [1.29, 1.82) is 0 Å². The van der Waals surface area contributed by atoms with Crippen LogP contribution in [0, 0.1) is 0 Å². The van der Waals surface area contributed by atoms with Crippen LogP contribution in [0.2, 0.25) is 0 Å². The predicted molar refractivity (Wildman–Crippen MR) is 71.8 cm³/mol. The molecule has 0 spiro atoms. The molecule has 2 aliphatic rings. The standard InChI is InChI=1S/C14H22N4O/c1-2-3-4-14(19)17-8-7-12(9-17)18-10-13(15-16-18)11-5-6-11/h10-12H,2-9H2,1H3. The molecule has 0 radical (unpaired) electrons. The van der Waals surface area contributed by atoms with Crippen LogP contribution in [0.1, 0.15) is 63.1 Å². The zero-order chi connectivity index (χ0) is 13.2. The lowest BCUT2D eigenvalue weighted by molar-refractivity contribution is -0.130. The number of unbranched alkanes of at least 4 members (excludes halogenated alkanes) is 1. The Morgan fingerprint density at radius 3 is 3.00 bits per heavy atom. The Balaban J connectivity index is 1.56. The molecule has 0 bridgehead atoms. The Bertz CT molecular complexity index is 452. The summed E-state index contributed by atoms with van der Waals surface area (Å²) in [6.07, 6.45) is 8.36. The molecule has 1 aliphatic heterocycles.